The van der Waals surface area contributed by atoms with Crippen molar-refractivity contribution in [3.8, 4) is 0 Å². The lowest BCUT2D eigenvalue weighted by atomic mass is 10.1. The van der Waals surface area contributed by atoms with E-state index in [-0.39, 0.29) is 0 Å². The Morgan fingerprint density at radius 3 is 3.00 bits per heavy atom. The van der Waals surface area contributed by atoms with E-state index in [1.54, 1.807) is 0 Å². The largest absolute Gasteiger partial charge is 0.356 e. The molecule has 0 aromatic carbocycles. The highest BCUT2D eigenvalue weighted by molar-refractivity contribution is 6.32. The lowest BCUT2D eigenvalue weighted by Gasteiger charge is -2.25. The molecule has 0 radical (unpaired) electrons. The van der Waals surface area contributed by atoms with E-state index in [0.717, 1.165) is 17.9 Å². The lowest BCUT2D eigenvalue weighted by molar-refractivity contribution is 0.0523. The highest BCUT2D eigenvalue weighted by atomic mass is 35.5. The fraction of sp³-hybridized carbons (Fsp3) is 0.600. The van der Waals surface area contributed by atoms with Crippen LogP contribution < -0.4 is 0 Å². The Balaban J connectivity index is 2.39. The molecular weight excluding hydrogens is 207 g/mol. The molecule has 1 rings (SSSR count). The van der Waals surface area contributed by atoms with Gasteiger partial charge in [-0.25, -0.2) is 0 Å². The smallest absolute Gasteiger partial charge is 0.165 e. The zero-order valence-electron chi connectivity index (χ0n) is 7.72. The summed E-state index contributed by atoms with van der Waals surface area (Å²) in [7, 11) is 0. The molecule has 74 valence electrons. The maximum atomic E-state index is 6.17. The Hall–Kier alpha value is 0.0200. The molecule has 1 aliphatic rings. The van der Waals surface area contributed by atoms with Crippen molar-refractivity contribution in [3.63, 3.8) is 0 Å². The van der Waals surface area contributed by atoms with Crippen LogP contribution in [0.4, 0.5) is 0 Å². The van der Waals surface area contributed by atoms with E-state index in [2.05, 4.69) is 6.92 Å². The summed E-state index contributed by atoms with van der Waals surface area (Å²) in [5.41, 5.74) is 0. The van der Waals surface area contributed by atoms with Gasteiger partial charge in [0.15, 0.2) is 5.06 Å². The predicted molar refractivity (Wildman–Crippen MR) is 57.1 cm³/mol. The Labute approximate surface area is 89.4 Å². The van der Waals surface area contributed by atoms with E-state index >= 15 is 0 Å². The van der Waals surface area contributed by atoms with Crippen molar-refractivity contribution in [1.82, 2.24) is 0 Å². The van der Waals surface area contributed by atoms with Crippen molar-refractivity contribution in [3.05, 3.63) is 23.3 Å². The van der Waals surface area contributed by atoms with Gasteiger partial charge in [0.1, 0.15) is 0 Å². The second-order valence-corrected chi connectivity index (χ2v) is 4.26. The van der Waals surface area contributed by atoms with Gasteiger partial charge in [-0.15, -0.1) is 0 Å². The standard InChI is InChI=1S/C10H14Cl2O/c1-2-3-7-13-10(12)6-4-5-9(11)8-10/h4-6H,2-3,7-8H2,1H3. The van der Waals surface area contributed by atoms with E-state index in [0.29, 0.717) is 13.0 Å². The van der Waals surface area contributed by atoms with E-state index in [1.165, 1.54) is 0 Å². The number of alkyl halides is 1. The molecule has 1 nitrogen and oxygen atoms in total. The molecule has 0 bridgehead atoms. The Kier molecular flexibility index (Phi) is 4.30. The number of unbranched alkanes of at least 4 members (excludes halogenated alkanes) is 1. The molecule has 0 amide bonds. The van der Waals surface area contributed by atoms with Crippen LogP contribution in [0.25, 0.3) is 0 Å². The maximum absolute atomic E-state index is 6.17. The summed E-state index contributed by atoms with van der Waals surface area (Å²) in [5.74, 6) is 0. The van der Waals surface area contributed by atoms with Gasteiger partial charge in [0.05, 0.1) is 0 Å². The van der Waals surface area contributed by atoms with Gasteiger partial charge in [-0.05, 0) is 18.6 Å². The summed E-state index contributed by atoms with van der Waals surface area (Å²) in [5, 5.41) is 0.0371. The molecule has 0 aliphatic heterocycles. The molecule has 0 aromatic rings. The molecule has 3 heteroatoms. The third-order valence-electron chi connectivity index (χ3n) is 1.87. The van der Waals surface area contributed by atoms with Gasteiger partial charge < -0.3 is 4.74 Å². The van der Waals surface area contributed by atoms with E-state index in [9.17, 15) is 0 Å². The first-order valence-electron chi connectivity index (χ1n) is 4.53. The molecule has 0 saturated heterocycles. The molecule has 1 unspecified atom stereocenters. The van der Waals surface area contributed by atoms with Crippen molar-refractivity contribution in [1.29, 1.82) is 0 Å². The normalized spacial score (nSPS) is 27.5. The molecule has 0 aromatic heterocycles. The minimum atomic E-state index is -0.707. The summed E-state index contributed by atoms with van der Waals surface area (Å²) in [6.07, 6.45) is 8.23. The van der Waals surface area contributed by atoms with Crippen molar-refractivity contribution in [2.75, 3.05) is 6.61 Å². The second kappa shape index (κ2) is 5.04. The number of hydrogen-bond acceptors (Lipinski definition) is 1. The third kappa shape index (κ3) is 3.72. The van der Waals surface area contributed by atoms with Crippen LogP contribution in [-0.4, -0.2) is 11.7 Å². The molecule has 0 fully saturated rings. The van der Waals surface area contributed by atoms with Gasteiger partial charge in [0.25, 0.3) is 0 Å². The number of ether oxygens (including phenoxy) is 1. The summed E-state index contributed by atoms with van der Waals surface area (Å²) >= 11 is 12.0. The van der Waals surface area contributed by atoms with Crippen LogP contribution >= 0.6 is 23.2 Å². The first-order valence-corrected chi connectivity index (χ1v) is 5.28. The van der Waals surface area contributed by atoms with E-state index in [4.69, 9.17) is 27.9 Å². The first kappa shape index (κ1) is 11.1. The number of halogens is 2. The fourth-order valence-electron chi connectivity index (χ4n) is 1.13. The molecular formula is C10H14Cl2O. The molecule has 1 atom stereocenters. The molecule has 13 heavy (non-hydrogen) atoms. The van der Waals surface area contributed by atoms with Crippen LogP contribution in [0.5, 0.6) is 0 Å². The minimum Gasteiger partial charge on any atom is -0.356 e. The first-order chi connectivity index (χ1) is 6.16. The van der Waals surface area contributed by atoms with Crippen LogP contribution in [0.1, 0.15) is 26.2 Å². The van der Waals surface area contributed by atoms with Crippen molar-refractivity contribution in [2.24, 2.45) is 0 Å². The highest BCUT2D eigenvalue weighted by Crippen LogP contribution is 2.32. The second-order valence-electron chi connectivity index (χ2n) is 3.14. The van der Waals surface area contributed by atoms with Gasteiger partial charge in [-0.2, -0.15) is 0 Å². The number of allylic oxidation sites excluding steroid dienone is 2. The summed E-state index contributed by atoms with van der Waals surface area (Å²) in [6, 6.07) is 0. The predicted octanol–water partition coefficient (Wildman–Crippen LogP) is 3.82. The number of hydrogen-bond donors (Lipinski definition) is 0. The van der Waals surface area contributed by atoms with Crippen molar-refractivity contribution in [2.45, 2.75) is 31.2 Å². The molecule has 0 N–H and O–H groups in total. The summed E-state index contributed by atoms with van der Waals surface area (Å²) in [6.45, 7) is 2.81. The van der Waals surface area contributed by atoms with Gasteiger partial charge in [0, 0.05) is 18.1 Å². The highest BCUT2D eigenvalue weighted by Gasteiger charge is 2.27. The monoisotopic (exact) mass is 220 g/mol. The van der Waals surface area contributed by atoms with E-state index in [1.807, 2.05) is 18.2 Å². The molecule has 0 saturated carbocycles. The van der Waals surface area contributed by atoms with Crippen molar-refractivity contribution >= 4 is 23.2 Å². The van der Waals surface area contributed by atoms with Gasteiger partial charge in [0.2, 0.25) is 0 Å². The third-order valence-corrected chi connectivity index (χ3v) is 2.50. The maximum Gasteiger partial charge on any atom is 0.165 e. The van der Waals surface area contributed by atoms with Crippen LogP contribution in [-0.2, 0) is 4.74 Å². The summed E-state index contributed by atoms with van der Waals surface area (Å²) < 4.78 is 5.53. The minimum absolute atomic E-state index is 0.566. The Morgan fingerprint density at radius 2 is 2.38 bits per heavy atom. The van der Waals surface area contributed by atoms with Gasteiger partial charge in [-0.3, -0.25) is 0 Å². The van der Waals surface area contributed by atoms with E-state index < -0.39 is 5.06 Å². The van der Waals surface area contributed by atoms with Crippen LogP contribution in [0.15, 0.2) is 23.3 Å². The van der Waals surface area contributed by atoms with Crippen LogP contribution in [0, 0.1) is 0 Å². The zero-order chi connectivity index (χ0) is 9.73. The Bertz CT molecular complexity index is 223. The lowest BCUT2D eigenvalue weighted by Crippen LogP contribution is -2.24. The van der Waals surface area contributed by atoms with Crippen LogP contribution in [0.2, 0.25) is 0 Å². The average molecular weight is 221 g/mol. The molecule has 1 aliphatic carbocycles. The van der Waals surface area contributed by atoms with Crippen LogP contribution in [0.3, 0.4) is 0 Å². The topological polar surface area (TPSA) is 9.23 Å². The fourth-order valence-corrected chi connectivity index (χ4v) is 1.76. The quantitative estimate of drug-likeness (QED) is 0.518. The van der Waals surface area contributed by atoms with Gasteiger partial charge in [-0.1, -0.05) is 42.6 Å². The molecule has 0 heterocycles. The Morgan fingerprint density at radius 1 is 1.62 bits per heavy atom. The number of rotatable bonds is 4. The van der Waals surface area contributed by atoms with Crippen molar-refractivity contribution < 1.29 is 4.74 Å². The van der Waals surface area contributed by atoms with Gasteiger partial charge >= 0.3 is 0 Å². The summed E-state index contributed by atoms with van der Waals surface area (Å²) in [4.78, 5) is 0. The molecule has 0 spiro atoms. The average Bonchev–Trinajstić information content (AvgIpc) is 2.04. The SMILES string of the molecule is CCCCOC1(Cl)C=CC=C(Cl)C1. The zero-order valence-corrected chi connectivity index (χ0v) is 9.24.